The third-order valence-electron chi connectivity index (χ3n) is 5.22. The van der Waals surface area contributed by atoms with Gasteiger partial charge >= 0.3 is 0 Å². The molecule has 2 aromatic carbocycles. The molecule has 3 rings (SSSR count). The number of hydrogen-bond acceptors (Lipinski definition) is 4. The summed E-state index contributed by atoms with van der Waals surface area (Å²) in [5.41, 5.74) is 3.43. The Bertz CT molecular complexity index is 833. The molecule has 1 fully saturated rings. The fourth-order valence-electron chi connectivity index (χ4n) is 3.57. The lowest BCUT2D eigenvalue weighted by Crippen LogP contribution is -2.49. The van der Waals surface area contributed by atoms with Gasteiger partial charge in [-0.3, -0.25) is 4.79 Å². The molecule has 0 atom stereocenters. The minimum absolute atomic E-state index is 0.192. The number of ether oxygens (including phenoxy) is 2. The summed E-state index contributed by atoms with van der Waals surface area (Å²) in [4.78, 5) is 16.9. The smallest absolute Gasteiger partial charge is 0.223 e. The van der Waals surface area contributed by atoms with E-state index in [4.69, 9.17) is 21.1 Å². The highest BCUT2D eigenvalue weighted by Gasteiger charge is 2.22. The van der Waals surface area contributed by atoms with Crippen LogP contribution >= 0.6 is 11.6 Å². The van der Waals surface area contributed by atoms with E-state index < -0.39 is 0 Å². The first kappa shape index (κ1) is 20.3. The molecule has 5 nitrogen and oxygen atoms in total. The molecule has 0 spiro atoms. The summed E-state index contributed by atoms with van der Waals surface area (Å²) in [5.74, 6) is 1.58. The largest absolute Gasteiger partial charge is 0.493 e. The number of benzene rings is 2. The molecule has 1 aliphatic rings. The lowest BCUT2D eigenvalue weighted by atomic mass is 10.1. The molecule has 0 N–H and O–H groups in total. The van der Waals surface area contributed by atoms with Gasteiger partial charge in [0.05, 0.1) is 14.2 Å². The average molecular weight is 403 g/mol. The third-order valence-corrected chi connectivity index (χ3v) is 5.45. The summed E-state index contributed by atoms with van der Waals surface area (Å²) in [7, 11) is 3.24. The molecule has 28 heavy (non-hydrogen) atoms. The first-order chi connectivity index (χ1) is 13.5. The molecule has 1 saturated heterocycles. The van der Waals surface area contributed by atoms with Crippen LogP contribution in [0.4, 0.5) is 5.69 Å². The van der Waals surface area contributed by atoms with Crippen molar-refractivity contribution in [3.05, 3.63) is 52.5 Å². The van der Waals surface area contributed by atoms with E-state index in [-0.39, 0.29) is 5.91 Å². The molecule has 150 valence electrons. The van der Waals surface area contributed by atoms with Crippen LogP contribution in [0, 0.1) is 6.92 Å². The second-order valence-electron chi connectivity index (χ2n) is 6.99. The number of hydrogen-bond donors (Lipinski definition) is 0. The van der Waals surface area contributed by atoms with Gasteiger partial charge in [-0.05, 0) is 48.7 Å². The van der Waals surface area contributed by atoms with E-state index in [9.17, 15) is 4.79 Å². The molecular weight excluding hydrogens is 376 g/mol. The zero-order chi connectivity index (χ0) is 20.1. The van der Waals surface area contributed by atoms with Gasteiger partial charge in [0.25, 0.3) is 0 Å². The lowest BCUT2D eigenvalue weighted by Gasteiger charge is -2.37. The Balaban J connectivity index is 1.53. The molecule has 1 heterocycles. The van der Waals surface area contributed by atoms with Gasteiger partial charge in [-0.15, -0.1) is 0 Å². The molecule has 2 aromatic rings. The fourth-order valence-corrected chi connectivity index (χ4v) is 3.73. The number of rotatable bonds is 6. The van der Waals surface area contributed by atoms with Crippen LogP contribution in [0.2, 0.25) is 5.02 Å². The predicted molar refractivity (Wildman–Crippen MR) is 113 cm³/mol. The number of aryl methyl sites for hydroxylation is 2. The van der Waals surface area contributed by atoms with Crippen molar-refractivity contribution in [2.24, 2.45) is 0 Å². The summed E-state index contributed by atoms with van der Waals surface area (Å²) in [6.07, 6.45) is 1.18. The minimum atomic E-state index is 0.192. The van der Waals surface area contributed by atoms with Crippen LogP contribution in [0.3, 0.4) is 0 Å². The average Bonchev–Trinajstić information content (AvgIpc) is 2.73. The highest BCUT2D eigenvalue weighted by molar-refractivity contribution is 6.30. The zero-order valence-corrected chi connectivity index (χ0v) is 17.5. The molecule has 0 aromatic heterocycles. The van der Waals surface area contributed by atoms with E-state index in [1.54, 1.807) is 14.2 Å². The minimum Gasteiger partial charge on any atom is -0.493 e. The summed E-state index contributed by atoms with van der Waals surface area (Å²) in [6.45, 7) is 5.20. The van der Waals surface area contributed by atoms with Crippen LogP contribution in [0.5, 0.6) is 11.5 Å². The molecule has 1 amide bonds. The van der Waals surface area contributed by atoms with Crippen LogP contribution in [0.25, 0.3) is 0 Å². The van der Waals surface area contributed by atoms with Crippen LogP contribution in [-0.2, 0) is 11.2 Å². The van der Waals surface area contributed by atoms with Gasteiger partial charge in [-0.2, -0.15) is 0 Å². The topological polar surface area (TPSA) is 42.0 Å². The Labute approximate surface area is 171 Å². The number of anilines is 1. The quantitative estimate of drug-likeness (QED) is 0.733. The number of piperazine rings is 1. The summed E-state index contributed by atoms with van der Waals surface area (Å²) >= 11 is 6.15. The van der Waals surface area contributed by atoms with E-state index in [2.05, 4.69) is 11.8 Å². The number of nitrogens with zero attached hydrogens (tertiary/aromatic N) is 2. The van der Waals surface area contributed by atoms with Gasteiger partial charge in [0, 0.05) is 43.3 Å². The standard InChI is InChI=1S/C22H27ClN2O3/c1-16-4-7-18(23)15-19(16)24-10-12-25(13-11-24)22(26)9-6-17-5-8-20(27-2)21(14-17)28-3/h4-5,7-8,14-15H,6,9-13H2,1-3H3. The molecule has 1 aliphatic heterocycles. The molecule has 0 saturated carbocycles. The third kappa shape index (κ3) is 4.71. The van der Waals surface area contributed by atoms with Gasteiger partial charge in [0.2, 0.25) is 5.91 Å². The highest BCUT2D eigenvalue weighted by atomic mass is 35.5. The van der Waals surface area contributed by atoms with Crippen molar-refractivity contribution in [3.8, 4) is 11.5 Å². The number of methoxy groups -OCH3 is 2. The maximum Gasteiger partial charge on any atom is 0.223 e. The van der Waals surface area contributed by atoms with E-state index in [0.717, 1.165) is 42.5 Å². The Kier molecular flexibility index (Phi) is 6.68. The van der Waals surface area contributed by atoms with Gasteiger partial charge < -0.3 is 19.3 Å². The second kappa shape index (κ2) is 9.20. The monoisotopic (exact) mass is 402 g/mol. The van der Waals surface area contributed by atoms with Crippen molar-refractivity contribution in [2.45, 2.75) is 19.8 Å². The van der Waals surface area contributed by atoms with Gasteiger partial charge in [-0.1, -0.05) is 23.7 Å². The van der Waals surface area contributed by atoms with E-state index in [1.165, 1.54) is 5.56 Å². The first-order valence-corrected chi connectivity index (χ1v) is 9.89. The number of carbonyl (C=O) groups is 1. The number of halogens is 1. The van der Waals surface area contributed by atoms with Crippen LogP contribution in [-0.4, -0.2) is 51.2 Å². The maximum absolute atomic E-state index is 12.6. The first-order valence-electron chi connectivity index (χ1n) is 9.51. The van der Waals surface area contributed by atoms with Crippen molar-refractivity contribution in [1.82, 2.24) is 4.90 Å². The molecule has 0 radical (unpaired) electrons. The second-order valence-corrected chi connectivity index (χ2v) is 7.42. The summed E-state index contributed by atoms with van der Waals surface area (Å²) < 4.78 is 10.6. The van der Waals surface area contributed by atoms with Crippen molar-refractivity contribution in [3.63, 3.8) is 0 Å². The predicted octanol–water partition coefficient (Wildman–Crippen LogP) is 3.95. The van der Waals surface area contributed by atoms with Crippen LogP contribution in [0.1, 0.15) is 17.5 Å². The Morgan fingerprint density at radius 2 is 1.71 bits per heavy atom. The fraction of sp³-hybridized carbons (Fsp3) is 0.409. The Morgan fingerprint density at radius 1 is 1.00 bits per heavy atom. The Morgan fingerprint density at radius 3 is 2.39 bits per heavy atom. The lowest BCUT2D eigenvalue weighted by molar-refractivity contribution is -0.131. The van der Waals surface area contributed by atoms with Gasteiger partial charge in [0.1, 0.15) is 0 Å². The summed E-state index contributed by atoms with van der Waals surface area (Å²) in [6, 6.07) is 11.8. The van der Waals surface area contributed by atoms with Crippen molar-refractivity contribution in [2.75, 3.05) is 45.3 Å². The highest BCUT2D eigenvalue weighted by Crippen LogP contribution is 2.28. The van der Waals surface area contributed by atoms with Crippen molar-refractivity contribution >= 4 is 23.2 Å². The van der Waals surface area contributed by atoms with E-state index in [0.29, 0.717) is 24.3 Å². The molecule has 0 aliphatic carbocycles. The van der Waals surface area contributed by atoms with Gasteiger partial charge in [-0.25, -0.2) is 0 Å². The normalized spacial score (nSPS) is 14.1. The summed E-state index contributed by atoms with van der Waals surface area (Å²) in [5, 5.41) is 0.744. The number of amides is 1. The maximum atomic E-state index is 12.6. The van der Waals surface area contributed by atoms with Crippen molar-refractivity contribution in [1.29, 1.82) is 0 Å². The van der Waals surface area contributed by atoms with Crippen molar-refractivity contribution < 1.29 is 14.3 Å². The zero-order valence-electron chi connectivity index (χ0n) is 16.7. The van der Waals surface area contributed by atoms with E-state index in [1.807, 2.05) is 41.3 Å². The SMILES string of the molecule is COc1ccc(CCC(=O)N2CCN(c3cc(Cl)ccc3C)CC2)cc1OC. The van der Waals surface area contributed by atoms with E-state index >= 15 is 0 Å². The molecular formula is C22H27ClN2O3. The molecule has 6 heteroatoms. The van der Waals surface area contributed by atoms with Crippen LogP contribution < -0.4 is 14.4 Å². The molecule has 0 unspecified atom stereocenters. The van der Waals surface area contributed by atoms with Crippen LogP contribution in [0.15, 0.2) is 36.4 Å². The molecule has 0 bridgehead atoms. The number of carbonyl (C=O) groups excluding carboxylic acids is 1. The van der Waals surface area contributed by atoms with Gasteiger partial charge in [0.15, 0.2) is 11.5 Å². The Hall–Kier alpha value is -2.40.